The van der Waals surface area contributed by atoms with Crippen molar-refractivity contribution in [1.29, 1.82) is 0 Å². The van der Waals surface area contributed by atoms with E-state index in [1.807, 2.05) is 30.3 Å². The van der Waals surface area contributed by atoms with Crippen molar-refractivity contribution in [2.75, 3.05) is 19.4 Å². The van der Waals surface area contributed by atoms with Crippen LogP contribution in [0.25, 0.3) is 0 Å². The Morgan fingerprint density at radius 2 is 1.91 bits per heavy atom. The fourth-order valence-corrected chi connectivity index (χ4v) is 3.12. The van der Waals surface area contributed by atoms with Crippen LogP contribution in [0.4, 0.5) is 0 Å². The fraction of sp³-hybridized carbons (Fsp3) is 0.562. The molecular weight excluding hydrogens is 303 g/mol. The highest BCUT2D eigenvalue weighted by atomic mass is 31.2. The average molecular weight is 328 g/mol. The third kappa shape index (κ3) is 9.11. The van der Waals surface area contributed by atoms with Gasteiger partial charge in [0.1, 0.15) is 11.9 Å². The molecule has 1 atom stereocenters. The molecule has 0 saturated carbocycles. The molecular formula is C16H25O5P. The first-order valence-corrected chi connectivity index (χ1v) is 9.39. The molecule has 0 aliphatic carbocycles. The Morgan fingerprint density at radius 1 is 1.18 bits per heavy atom. The van der Waals surface area contributed by atoms with Gasteiger partial charge in [0.15, 0.2) is 0 Å². The van der Waals surface area contributed by atoms with E-state index >= 15 is 0 Å². The maximum Gasteiger partial charge on any atom is 0.335 e. The second-order valence-corrected chi connectivity index (χ2v) is 6.95. The van der Waals surface area contributed by atoms with Crippen molar-refractivity contribution in [1.82, 2.24) is 0 Å². The number of hydrogen-bond donors (Lipinski definition) is 1. The van der Waals surface area contributed by atoms with E-state index in [2.05, 4.69) is 4.52 Å². The number of rotatable bonds is 12. The van der Waals surface area contributed by atoms with Gasteiger partial charge >= 0.3 is 7.60 Å². The monoisotopic (exact) mass is 328 g/mol. The maximum absolute atomic E-state index is 11.6. The number of benzene rings is 1. The number of carbonyl (C=O) groups excluding carboxylic acids is 1. The molecule has 0 spiro atoms. The molecule has 0 heterocycles. The van der Waals surface area contributed by atoms with Gasteiger partial charge in [-0.3, -0.25) is 9.36 Å². The molecule has 0 aliphatic rings. The van der Waals surface area contributed by atoms with Crippen molar-refractivity contribution >= 4 is 13.4 Å². The first-order chi connectivity index (χ1) is 10.5. The smallest absolute Gasteiger partial charge is 0.335 e. The van der Waals surface area contributed by atoms with E-state index in [1.54, 1.807) is 6.92 Å². The highest BCUT2D eigenvalue weighted by Crippen LogP contribution is 2.41. The second-order valence-electron chi connectivity index (χ2n) is 5.10. The summed E-state index contributed by atoms with van der Waals surface area (Å²) in [4.78, 5) is 20.9. The van der Waals surface area contributed by atoms with Crippen LogP contribution in [0.15, 0.2) is 30.3 Å². The Hall–Kier alpha value is -1.00. The number of unbranched alkanes of at least 4 members (excludes halogenated alkanes) is 2. The first-order valence-electron chi connectivity index (χ1n) is 7.63. The summed E-state index contributed by atoms with van der Waals surface area (Å²) in [7, 11) is -3.72. The molecule has 0 aliphatic heterocycles. The predicted molar refractivity (Wildman–Crippen MR) is 85.9 cm³/mol. The van der Waals surface area contributed by atoms with E-state index in [-0.39, 0.29) is 18.6 Å². The SMILES string of the molecule is CCOP(=O)(O)CC(=O)CCCCCOCc1ccccc1. The third-order valence-electron chi connectivity index (χ3n) is 3.06. The first kappa shape index (κ1) is 19.0. The zero-order chi connectivity index (χ0) is 16.3. The molecule has 1 rings (SSSR count). The minimum Gasteiger partial charge on any atom is -0.377 e. The molecule has 5 nitrogen and oxygen atoms in total. The van der Waals surface area contributed by atoms with Crippen LogP contribution in [0.2, 0.25) is 0 Å². The molecule has 6 heteroatoms. The lowest BCUT2D eigenvalue weighted by atomic mass is 10.1. The van der Waals surface area contributed by atoms with Crippen LogP contribution in [-0.4, -0.2) is 30.1 Å². The number of carbonyl (C=O) groups is 1. The molecule has 0 aromatic heterocycles. The molecule has 1 aromatic carbocycles. The van der Waals surface area contributed by atoms with Crippen LogP contribution < -0.4 is 0 Å². The van der Waals surface area contributed by atoms with Gasteiger partial charge in [-0.25, -0.2) is 0 Å². The number of ether oxygens (including phenoxy) is 1. The summed E-state index contributed by atoms with van der Waals surface area (Å²) in [5.41, 5.74) is 1.15. The molecule has 124 valence electrons. The summed E-state index contributed by atoms with van der Waals surface area (Å²) >= 11 is 0. The quantitative estimate of drug-likeness (QED) is 0.469. The summed E-state index contributed by atoms with van der Waals surface area (Å²) in [6.07, 6.45) is 2.38. The minimum atomic E-state index is -3.72. The van der Waals surface area contributed by atoms with Crippen LogP contribution in [0.1, 0.15) is 38.2 Å². The van der Waals surface area contributed by atoms with Gasteiger partial charge in [-0.15, -0.1) is 0 Å². The zero-order valence-electron chi connectivity index (χ0n) is 13.1. The maximum atomic E-state index is 11.6. The van der Waals surface area contributed by atoms with Crippen molar-refractivity contribution in [3.63, 3.8) is 0 Å². The second kappa shape index (κ2) is 10.7. The largest absolute Gasteiger partial charge is 0.377 e. The Kier molecular flexibility index (Phi) is 9.25. The molecule has 0 fully saturated rings. The Labute approximate surface area is 132 Å². The highest BCUT2D eigenvalue weighted by Gasteiger charge is 2.22. The van der Waals surface area contributed by atoms with Gasteiger partial charge in [0, 0.05) is 13.0 Å². The molecule has 1 aromatic rings. The van der Waals surface area contributed by atoms with E-state index < -0.39 is 7.60 Å². The topological polar surface area (TPSA) is 72.8 Å². The van der Waals surface area contributed by atoms with Crippen LogP contribution in [-0.2, 0) is 25.2 Å². The van der Waals surface area contributed by atoms with Crippen molar-refractivity contribution in [3.8, 4) is 0 Å². The lowest BCUT2D eigenvalue weighted by Gasteiger charge is -2.09. The minimum absolute atomic E-state index is 0.139. The lowest BCUT2D eigenvalue weighted by molar-refractivity contribution is -0.117. The van der Waals surface area contributed by atoms with Crippen LogP contribution >= 0.6 is 7.60 Å². The average Bonchev–Trinajstić information content (AvgIpc) is 2.46. The summed E-state index contributed by atoms with van der Waals surface area (Å²) < 4.78 is 21.6. The van der Waals surface area contributed by atoms with Gasteiger partial charge in [0.2, 0.25) is 0 Å². The number of hydrogen-bond acceptors (Lipinski definition) is 4. The third-order valence-corrected chi connectivity index (χ3v) is 4.48. The van der Waals surface area contributed by atoms with Gasteiger partial charge in [-0.2, -0.15) is 0 Å². The summed E-state index contributed by atoms with van der Waals surface area (Å²) in [5, 5.41) is 0. The molecule has 1 N–H and O–H groups in total. The molecule has 0 radical (unpaired) electrons. The fourth-order valence-electron chi connectivity index (χ4n) is 2.02. The lowest BCUT2D eigenvalue weighted by Crippen LogP contribution is -2.07. The molecule has 0 bridgehead atoms. The van der Waals surface area contributed by atoms with Gasteiger partial charge < -0.3 is 14.2 Å². The van der Waals surface area contributed by atoms with Crippen molar-refractivity contribution in [3.05, 3.63) is 35.9 Å². The number of Topliss-reactive ketones (excluding diaryl/α,β-unsaturated/α-hetero) is 1. The standard InChI is InChI=1S/C16H25O5P/c1-2-21-22(18,19)14-16(17)11-7-4-8-12-20-13-15-9-5-3-6-10-15/h3,5-6,9-10H,2,4,7-8,11-14H2,1H3,(H,18,19). The summed E-state index contributed by atoms with van der Waals surface area (Å²) in [6.45, 7) is 3.02. The molecule has 0 amide bonds. The van der Waals surface area contributed by atoms with Crippen molar-refractivity contribution in [2.45, 2.75) is 39.2 Å². The normalized spacial score (nSPS) is 13.7. The van der Waals surface area contributed by atoms with Gasteiger partial charge in [0.05, 0.1) is 13.2 Å². The van der Waals surface area contributed by atoms with Gasteiger partial charge in [-0.05, 0) is 25.3 Å². The zero-order valence-corrected chi connectivity index (χ0v) is 14.0. The van der Waals surface area contributed by atoms with Crippen LogP contribution in [0, 0.1) is 0 Å². The molecule has 0 saturated heterocycles. The van der Waals surface area contributed by atoms with Crippen LogP contribution in [0.5, 0.6) is 0 Å². The predicted octanol–water partition coefficient (Wildman–Crippen LogP) is 3.55. The molecule has 22 heavy (non-hydrogen) atoms. The summed E-state index contributed by atoms with van der Waals surface area (Å²) in [5.74, 6) is -0.218. The Bertz CT molecular complexity index is 475. The Balaban J connectivity index is 2.01. The van der Waals surface area contributed by atoms with Crippen molar-refractivity contribution in [2.24, 2.45) is 0 Å². The highest BCUT2D eigenvalue weighted by molar-refractivity contribution is 7.53. The summed E-state index contributed by atoms with van der Waals surface area (Å²) in [6, 6.07) is 9.96. The van der Waals surface area contributed by atoms with E-state index in [1.165, 1.54) is 0 Å². The van der Waals surface area contributed by atoms with E-state index in [9.17, 15) is 14.3 Å². The van der Waals surface area contributed by atoms with Crippen LogP contribution in [0.3, 0.4) is 0 Å². The Morgan fingerprint density at radius 3 is 2.59 bits per heavy atom. The molecule has 1 unspecified atom stereocenters. The van der Waals surface area contributed by atoms with Crippen molar-refractivity contribution < 1.29 is 23.5 Å². The van der Waals surface area contributed by atoms with E-state index in [0.717, 1.165) is 18.4 Å². The number of ketones is 1. The van der Waals surface area contributed by atoms with E-state index in [4.69, 9.17) is 4.74 Å². The van der Waals surface area contributed by atoms with Gasteiger partial charge in [0.25, 0.3) is 0 Å². The van der Waals surface area contributed by atoms with E-state index in [0.29, 0.717) is 26.1 Å². The van der Waals surface area contributed by atoms with Gasteiger partial charge in [-0.1, -0.05) is 36.8 Å².